The minimum Gasteiger partial charge on any atom is -0.361 e. The third-order valence-corrected chi connectivity index (χ3v) is 2.90. The smallest absolute Gasteiger partial charge is 0.0457 e. The van der Waals surface area contributed by atoms with Crippen LogP contribution in [0.1, 0.15) is 24.5 Å². The molecule has 0 aliphatic carbocycles. The Morgan fingerprint density at radius 3 is 2.82 bits per heavy atom. The van der Waals surface area contributed by atoms with Crippen LogP contribution in [0.5, 0.6) is 0 Å². The fourth-order valence-electron chi connectivity index (χ4n) is 1.99. The maximum atomic E-state index is 3.46. The van der Waals surface area contributed by atoms with E-state index in [1.54, 1.807) is 0 Å². The molecular formula is C15H20N2. The molecule has 0 fully saturated rings. The number of hydrogen-bond donors (Lipinski definition) is 2. The Kier molecular flexibility index (Phi) is 3.99. The van der Waals surface area contributed by atoms with E-state index in [0.29, 0.717) is 0 Å². The molecule has 2 rings (SSSR count). The Hall–Kier alpha value is -1.54. The van der Waals surface area contributed by atoms with Crippen LogP contribution in [0.4, 0.5) is 0 Å². The number of aryl methyl sites for hydroxylation is 1. The van der Waals surface area contributed by atoms with Gasteiger partial charge in [0.15, 0.2) is 0 Å². The second-order valence-corrected chi connectivity index (χ2v) is 4.42. The van der Waals surface area contributed by atoms with Gasteiger partial charge < -0.3 is 10.3 Å². The standard InChI is InChI=1S/C15H20N2/c1-3-8-16-11-13-7-6-12(2)10-14(13)15-5-4-9-17-15/h4-7,9-10,16-17H,3,8,11H2,1-2H3. The van der Waals surface area contributed by atoms with E-state index in [0.717, 1.165) is 13.1 Å². The lowest BCUT2D eigenvalue weighted by atomic mass is 10.0. The van der Waals surface area contributed by atoms with Gasteiger partial charge in [0, 0.05) is 24.0 Å². The summed E-state index contributed by atoms with van der Waals surface area (Å²) in [4.78, 5) is 3.28. The Morgan fingerprint density at radius 2 is 2.12 bits per heavy atom. The van der Waals surface area contributed by atoms with Crippen molar-refractivity contribution in [1.82, 2.24) is 10.3 Å². The maximum Gasteiger partial charge on any atom is 0.0457 e. The Labute approximate surface area is 103 Å². The van der Waals surface area contributed by atoms with E-state index in [9.17, 15) is 0 Å². The van der Waals surface area contributed by atoms with Crippen LogP contribution in [0.2, 0.25) is 0 Å². The van der Waals surface area contributed by atoms with Gasteiger partial charge in [0.2, 0.25) is 0 Å². The summed E-state index contributed by atoms with van der Waals surface area (Å²) in [5, 5.41) is 3.46. The van der Waals surface area contributed by atoms with Crippen LogP contribution in [-0.2, 0) is 6.54 Å². The number of rotatable bonds is 5. The highest BCUT2D eigenvalue weighted by molar-refractivity contribution is 5.64. The molecule has 2 aromatic rings. The molecule has 17 heavy (non-hydrogen) atoms. The zero-order valence-electron chi connectivity index (χ0n) is 10.6. The van der Waals surface area contributed by atoms with Crippen LogP contribution in [0.15, 0.2) is 36.5 Å². The van der Waals surface area contributed by atoms with Crippen molar-refractivity contribution < 1.29 is 0 Å². The number of nitrogens with one attached hydrogen (secondary N) is 2. The van der Waals surface area contributed by atoms with Gasteiger partial charge in [-0.3, -0.25) is 0 Å². The molecule has 1 aromatic carbocycles. The average Bonchev–Trinajstić information content (AvgIpc) is 2.85. The summed E-state index contributed by atoms with van der Waals surface area (Å²) in [5.74, 6) is 0. The first kappa shape index (κ1) is 11.9. The molecule has 2 nitrogen and oxygen atoms in total. The summed E-state index contributed by atoms with van der Waals surface area (Å²) in [6.45, 7) is 6.32. The van der Waals surface area contributed by atoms with Gasteiger partial charge in [0.05, 0.1) is 0 Å². The molecule has 0 spiro atoms. The molecule has 0 bridgehead atoms. The van der Waals surface area contributed by atoms with E-state index < -0.39 is 0 Å². The molecule has 0 aliphatic rings. The summed E-state index contributed by atoms with van der Waals surface area (Å²) in [5.41, 5.74) is 5.15. The number of aromatic amines is 1. The van der Waals surface area contributed by atoms with Crippen molar-refractivity contribution in [2.45, 2.75) is 26.8 Å². The first-order chi connectivity index (χ1) is 8.31. The summed E-state index contributed by atoms with van der Waals surface area (Å²) in [6.07, 6.45) is 3.14. The van der Waals surface area contributed by atoms with Crippen molar-refractivity contribution in [3.8, 4) is 11.3 Å². The highest BCUT2D eigenvalue weighted by atomic mass is 14.8. The lowest BCUT2D eigenvalue weighted by molar-refractivity contribution is 0.676. The lowest BCUT2D eigenvalue weighted by Gasteiger charge is -2.10. The summed E-state index contributed by atoms with van der Waals surface area (Å²) in [7, 11) is 0. The molecule has 0 atom stereocenters. The minimum absolute atomic E-state index is 0.933. The fourth-order valence-corrected chi connectivity index (χ4v) is 1.99. The number of benzene rings is 1. The van der Waals surface area contributed by atoms with Crippen molar-refractivity contribution in [2.24, 2.45) is 0 Å². The van der Waals surface area contributed by atoms with Crippen LogP contribution in [0.3, 0.4) is 0 Å². The van der Waals surface area contributed by atoms with Crippen molar-refractivity contribution in [3.05, 3.63) is 47.7 Å². The topological polar surface area (TPSA) is 27.8 Å². The zero-order valence-corrected chi connectivity index (χ0v) is 10.6. The second kappa shape index (κ2) is 5.69. The van der Waals surface area contributed by atoms with Crippen molar-refractivity contribution in [1.29, 1.82) is 0 Å². The molecule has 1 aromatic heterocycles. The molecule has 0 amide bonds. The quantitative estimate of drug-likeness (QED) is 0.753. The van der Waals surface area contributed by atoms with E-state index in [-0.39, 0.29) is 0 Å². The van der Waals surface area contributed by atoms with Crippen molar-refractivity contribution >= 4 is 0 Å². The van der Waals surface area contributed by atoms with Gasteiger partial charge in [-0.2, -0.15) is 0 Å². The monoisotopic (exact) mass is 228 g/mol. The molecule has 0 aliphatic heterocycles. The van der Waals surface area contributed by atoms with Gasteiger partial charge >= 0.3 is 0 Å². The first-order valence-corrected chi connectivity index (χ1v) is 6.25. The van der Waals surface area contributed by atoms with Crippen LogP contribution < -0.4 is 5.32 Å². The molecule has 0 radical (unpaired) electrons. The van der Waals surface area contributed by atoms with E-state index >= 15 is 0 Å². The number of H-pyrrole nitrogens is 1. The predicted molar refractivity (Wildman–Crippen MR) is 73.0 cm³/mol. The molecule has 0 unspecified atom stereocenters. The number of aromatic nitrogens is 1. The molecule has 2 heteroatoms. The minimum atomic E-state index is 0.933. The number of hydrogen-bond acceptors (Lipinski definition) is 1. The second-order valence-electron chi connectivity index (χ2n) is 4.42. The Balaban J connectivity index is 2.25. The zero-order chi connectivity index (χ0) is 12.1. The van der Waals surface area contributed by atoms with Crippen molar-refractivity contribution in [2.75, 3.05) is 6.54 Å². The predicted octanol–water partition coefficient (Wildman–Crippen LogP) is 3.49. The normalized spacial score (nSPS) is 10.7. The van der Waals surface area contributed by atoms with E-state index in [2.05, 4.69) is 48.4 Å². The molecule has 90 valence electrons. The first-order valence-electron chi connectivity index (χ1n) is 6.25. The van der Waals surface area contributed by atoms with Crippen LogP contribution >= 0.6 is 0 Å². The molecular weight excluding hydrogens is 208 g/mol. The van der Waals surface area contributed by atoms with Gasteiger partial charge in [-0.05, 0) is 43.7 Å². The summed E-state index contributed by atoms with van der Waals surface area (Å²) in [6, 6.07) is 10.8. The van der Waals surface area contributed by atoms with Gasteiger partial charge in [-0.1, -0.05) is 24.6 Å². The van der Waals surface area contributed by atoms with Gasteiger partial charge in [-0.15, -0.1) is 0 Å². The van der Waals surface area contributed by atoms with Crippen LogP contribution in [-0.4, -0.2) is 11.5 Å². The third-order valence-electron chi connectivity index (χ3n) is 2.90. The fraction of sp³-hybridized carbons (Fsp3) is 0.333. The van der Waals surface area contributed by atoms with Crippen LogP contribution in [0, 0.1) is 6.92 Å². The largest absolute Gasteiger partial charge is 0.361 e. The lowest BCUT2D eigenvalue weighted by Crippen LogP contribution is -2.14. The Bertz CT molecular complexity index is 458. The van der Waals surface area contributed by atoms with Gasteiger partial charge in [0.1, 0.15) is 0 Å². The van der Waals surface area contributed by atoms with Crippen LogP contribution in [0.25, 0.3) is 11.3 Å². The van der Waals surface area contributed by atoms with Gasteiger partial charge in [-0.25, -0.2) is 0 Å². The SMILES string of the molecule is CCCNCc1ccc(C)cc1-c1ccc[nH]1. The highest BCUT2D eigenvalue weighted by Crippen LogP contribution is 2.23. The Morgan fingerprint density at radius 1 is 1.24 bits per heavy atom. The molecule has 1 heterocycles. The van der Waals surface area contributed by atoms with E-state index in [4.69, 9.17) is 0 Å². The maximum absolute atomic E-state index is 3.46. The average molecular weight is 228 g/mol. The summed E-state index contributed by atoms with van der Waals surface area (Å²) < 4.78 is 0. The van der Waals surface area contributed by atoms with E-state index in [1.165, 1.54) is 28.8 Å². The third kappa shape index (κ3) is 2.98. The van der Waals surface area contributed by atoms with Gasteiger partial charge in [0.25, 0.3) is 0 Å². The molecule has 0 saturated carbocycles. The van der Waals surface area contributed by atoms with Crippen molar-refractivity contribution in [3.63, 3.8) is 0 Å². The van der Waals surface area contributed by atoms with E-state index in [1.807, 2.05) is 12.3 Å². The molecule has 0 saturated heterocycles. The molecule has 2 N–H and O–H groups in total. The summed E-state index contributed by atoms with van der Waals surface area (Å²) >= 11 is 0. The highest BCUT2D eigenvalue weighted by Gasteiger charge is 2.05.